The molecule has 0 aliphatic carbocycles. The van der Waals surface area contributed by atoms with E-state index in [1.54, 1.807) is 0 Å². The fourth-order valence-electron chi connectivity index (χ4n) is 3.04. The molecule has 0 aromatic heterocycles. The molecule has 0 unspecified atom stereocenters. The number of nitrogens with zero attached hydrogens (tertiary/aromatic N) is 1. The molecule has 1 amide bonds. The van der Waals surface area contributed by atoms with Crippen LogP contribution < -0.4 is 5.32 Å². The number of carbonyl (C=O) groups is 2. The zero-order valence-electron chi connectivity index (χ0n) is 12.3. The van der Waals surface area contributed by atoms with E-state index in [-0.39, 0.29) is 29.8 Å². The molecule has 2 aliphatic heterocycles. The van der Waals surface area contributed by atoms with Crippen molar-refractivity contribution in [3.05, 3.63) is 35.6 Å². The predicted octanol–water partition coefficient (Wildman–Crippen LogP) is 1.34. The van der Waals surface area contributed by atoms with Crippen LogP contribution in [0.15, 0.2) is 24.3 Å². The third-order valence-corrected chi connectivity index (χ3v) is 4.32. The first-order valence-corrected chi connectivity index (χ1v) is 7.60. The summed E-state index contributed by atoms with van der Waals surface area (Å²) in [5, 5.41) is 2.97. The molecule has 6 heteroatoms. The number of cyclic esters (lactones) is 1. The van der Waals surface area contributed by atoms with Gasteiger partial charge in [0.1, 0.15) is 11.9 Å². The third kappa shape index (κ3) is 3.27. The molecule has 0 saturated carbocycles. The predicted molar refractivity (Wildman–Crippen MR) is 77.8 cm³/mol. The van der Waals surface area contributed by atoms with Crippen LogP contribution in [0.25, 0.3) is 0 Å². The van der Waals surface area contributed by atoms with Crippen molar-refractivity contribution in [3.63, 3.8) is 0 Å². The van der Waals surface area contributed by atoms with E-state index in [1.807, 2.05) is 0 Å². The lowest BCUT2D eigenvalue weighted by molar-refractivity contribution is -0.142. The molecule has 0 bridgehead atoms. The molecule has 1 aromatic rings. The van der Waals surface area contributed by atoms with Crippen LogP contribution in [0.4, 0.5) is 4.39 Å². The lowest BCUT2D eigenvalue weighted by Gasteiger charge is -2.34. The number of benzene rings is 1. The van der Waals surface area contributed by atoms with Crippen molar-refractivity contribution >= 4 is 11.9 Å². The van der Waals surface area contributed by atoms with Gasteiger partial charge in [-0.2, -0.15) is 0 Å². The summed E-state index contributed by atoms with van der Waals surface area (Å²) in [5.74, 6) is -0.666. The first-order valence-electron chi connectivity index (χ1n) is 7.60. The Bertz CT molecular complexity index is 553. The second-order valence-corrected chi connectivity index (χ2v) is 5.76. The maximum absolute atomic E-state index is 12.9. The number of amides is 1. The van der Waals surface area contributed by atoms with Gasteiger partial charge in [0.25, 0.3) is 5.91 Å². The fraction of sp³-hybridized carbons (Fsp3) is 0.500. The summed E-state index contributed by atoms with van der Waals surface area (Å²) in [5.41, 5.74) is 0.461. The number of likely N-dealkylation sites (tertiary alicyclic amines) is 1. The molecule has 2 heterocycles. The van der Waals surface area contributed by atoms with Gasteiger partial charge in [-0.3, -0.25) is 14.5 Å². The quantitative estimate of drug-likeness (QED) is 0.856. The van der Waals surface area contributed by atoms with Gasteiger partial charge >= 0.3 is 5.97 Å². The molecule has 118 valence electrons. The van der Waals surface area contributed by atoms with Gasteiger partial charge in [0.15, 0.2) is 0 Å². The minimum Gasteiger partial charge on any atom is -0.464 e. The van der Waals surface area contributed by atoms with Gasteiger partial charge in [0.05, 0.1) is 6.61 Å². The Balaban J connectivity index is 1.50. The van der Waals surface area contributed by atoms with Crippen molar-refractivity contribution < 1.29 is 18.7 Å². The molecule has 2 fully saturated rings. The largest absolute Gasteiger partial charge is 0.464 e. The van der Waals surface area contributed by atoms with Crippen LogP contribution in [-0.2, 0) is 9.53 Å². The second kappa shape index (κ2) is 6.44. The lowest BCUT2D eigenvalue weighted by atomic mass is 10.0. The van der Waals surface area contributed by atoms with Gasteiger partial charge in [-0.25, -0.2) is 4.39 Å². The number of hydrogen-bond acceptors (Lipinski definition) is 4. The van der Waals surface area contributed by atoms with E-state index in [0.29, 0.717) is 12.2 Å². The maximum atomic E-state index is 12.9. The van der Waals surface area contributed by atoms with E-state index >= 15 is 0 Å². The Hall–Kier alpha value is -1.95. The number of hydrogen-bond donors (Lipinski definition) is 1. The van der Waals surface area contributed by atoms with E-state index in [0.717, 1.165) is 32.4 Å². The van der Waals surface area contributed by atoms with Crippen LogP contribution in [0, 0.1) is 5.82 Å². The third-order valence-electron chi connectivity index (χ3n) is 4.32. The van der Waals surface area contributed by atoms with Crippen LogP contribution >= 0.6 is 0 Å². The second-order valence-electron chi connectivity index (χ2n) is 5.76. The monoisotopic (exact) mass is 306 g/mol. The highest BCUT2D eigenvalue weighted by Gasteiger charge is 2.34. The average molecular weight is 306 g/mol. The van der Waals surface area contributed by atoms with Gasteiger partial charge in [-0.15, -0.1) is 0 Å². The summed E-state index contributed by atoms with van der Waals surface area (Å²) in [6, 6.07) is 5.50. The summed E-state index contributed by atoms with van der Waals surface area (Å²) in [6.07, 6.45) is 2.36. The van der Waals surface area contributed by atoms with Gasteiger partial charge < -0.3 is 10.1 Å². The summed E-state index contributed by atoms with van der Waals surface area (Å²) >= 11 is 0. The van der Waals surface area contributed by atoms with E-state index in [1.165, 1.54) is 24.3 Å². The molecule has 2 saturated heterocycles. The van der Waals surface area contributed by atoms with E-state index in [2.05, 4.69) is 10.2 Å². The van der Waals surface area contributed by atoms with Crippen molar-refractivity contribution in [1.29, 1.82) is 0 Å². The number of rotatable bonds is 3. The van der Waals surface area contributed by atoms with Gasteiger partial charge in [-0.1, -0.05) is 0 Å². The Morgan fingerprint density at radius 3 is 2.45 bits per heavy atom. The number of carbonyl (C=O) groups excluding carboxylic acids is 2. The normalized spacial score (nSPS) is 23.3. The number of piperidine rings is 1. The van der Waals surface area contributed by atoms with Crippen molar-refractivity contribution in [1.82, 2.24) is 10.2 Å². The van der Waals surface area contributed by atoms with Crippen LogP contribution in [0.2, 0.25) is 0 Å². The molecule has 22 heavy (non-hydrogen) atoms. The Kier molecular flexibility index (Phi) is 4.38. The fourth-order valence-corrected chi connectivity index (χ4v) is 3.04. The molecule has 0 radical (unpaired) electrons. The van der Waals surface area contributed by atoms with Gasteiger partial charge in [0, 0.05) is 31.1 Å². The van der Waals surface area contributed by atoms with E-state index < -0.39 is 0 Å². The molecule has 5 nitrogen and oxygen atoms in total. The highest BCUT2D eigenvalue weighted by atomic mass is 19.1. The SMILES string of the molecule is O=C(NC1CCN([C@H]2CCOC2=O)CC1)c1ccc(F)cc1. The number of nitrogens with one attached hydrogen (secondary N) is 1. The van der Waals surface area contributed by atoms with Crippen LogP contribution in [-0.4, -0.2) is 48.6 Å². The molecule has 0 spiro atoms. The molecule has 2 aliphatic rings. The number of ether oxygens (including phenoxy) is 1. The van der Waals surface area contributed by atoms with Crippen LogP contribution in [0.3, 0.4) is 0 Å². The molecule has 1 aromatic carbocycles. The average Bonchev–Trinajstić information content (AvgIpc) is 2.95. The van der Waals surface area contributed by atoms with Crippen molar-refractivity contribution in [2.75, 3.05) is 19.7 Å². The lowest BCUT2D eigenvalue weighted by Crippen LogP contribution is -2.49. The minimum absolute atomic E-state index is 0.0891. The Morgan fingerprint density at radius 1 is 1.18 bits per heavy atom. The summed E-state index contributed by atoms with van der Waals surface area (Å²) < 4.78 is 17.9. The van der Waals surface area contributed by atoms with E-state index in [9.17, 15) is 14.0 Å². The standard InChI is InChI=1S/C16H19FN2O3/c17-12-3-1-11(2-4-12)15(20)18-13-5-8-19(9-6-13)14-7-10-22-16(14)21/h1-4,13-14H,5-10H2,(H,18,20)/t14-/m0/s1. The Labute approximate surface area is 128 Å². The molecular weight excluding hydrogens is 287 g/mol. The number of halogens is 1. The van der Waals surface area contributed by atoms with Gasteiger partial charge in [0.2, 0.25) is 0 Å². The van der Waals surface area contributed by atoms with Crippen molar-refractivity contribution in [2.45, 2.75) is 31.3 Å². The van der Waals surface area contributed by atoms with E-state index in [4.69, 9.17) is 4.74 Å². The maximum Gasteiger partial charge on any atom is 0.323 e. The van der Waals surface area contributed by atoms with Gasteiger partial charge in [-0.05, 0) is 37.1 Å². The topological polar surface area (TPSA) is 58.6 Å². The van der Waals surface area contributed by atoms with Crippen LogP contribution in [0.5, 0.6) is 0 Å². The zero-order valence-corrected chi connectivity index (χ0v) is 12.3. The molecule has 1 N–H and O–H groups in total. The molecule has 3 rings (SSSR count). The first-order chi connectivity index (χ1) is 10.6. The first kappa shape index (κ1) is 15.0. The minimum atomic E-state index is -0.353. The highest BCUT2D eigenvalue weighted by molar-refractivity contribution is 5.94. The molecular formula is C16H19FN2O3. The smallest absolute Gasteiger partial charge is 0.323 e. The van der Waals surface area contributed by atoms with Crippen molar-refractivity contribution in [2.24, 2.45) is 0 Å². The zero-order chi connectivity index (χ0) is 15.5. The summed E-state index contributed by atoms with van der Waals surface area (Å²) in [7, 11) is 0. The number of esters is 1. The highest BCUT2D eigenvalue weighted by Crippen LogP contribution is 2.20. The molecule has 1 atom stereocenters. The summed E-state index contributed by atoms with van der Waals surface area (Å²) in [6.45, 7) is 2.05. The van der Waals surface area contributed by atoms with Crippen LogP contribution in [0.1, 0.15) is 29.6 Å². The summed E-state index contributed by atoms with van der Waals surface area (Å²) in [4.78, 5) is 25.8. The Morgan fingerprint density at radius 2 is 1.86 bits per heavy atom. The van der Waals surface area contributed by atoms with Crippen molar-refractivity contribution in [3.8, 4) is 0 Å².